The van der Waals surface area contributed by atoms with E-state index in [9.17, 15) is 0 Å². The summed E-state index contributed by atoms with van der Waals surface area (Å²) in [6, 6.07) is 9.10. The zero-order valence-electron chi connectivity index (χ0n) is 13.3. The topological polar surface area (TPSA) is 24.5 Å². The van der Waals surface area contributed by atoms with Gasteiger partial charge in [-0.15, -0.1) is 0 Å². The Morgan fingerprint density at radius 2 is 1.75 bits per heavy atom. The number of nitrogens with zero attached hydrogens (tertiary/aromatic N) is 1. The normalized spacial score (nSPS) is 18.8. The van der Waals surface area contributed by atoms with E-state index in [2.05, 4.69) is 55.3 Å². The van der Waals surface area contributed by atoms with Gasteiger partial charge in [-0.05, 0) is 30.0 Å². The van der Waals surface area contributed by atoms with Crippen molar-refractivity contribution in [2.75, 3.05) is 32.8 Å². The molecule has 1 N–H and O–H groups in total. The summed E-state index contributed by atoms with van der Waals surface area (Å²) in [6.07, 6.45) is 0. The molecule has 0 aromatic heterocycles. The summed E-state index contributed by atoms with van der Waals surface area (Å²) < 4.78 is 5.55. The Morgan fingerprint density at radius 3 is 2.25 bits per heavy atom. The maximum atomic E-state index is 5.55. The van der Waals surface area contributed by atoms with Gasteiger partial charge in [-0.2, -0.15) is 0 Å². The molecule has 1 heterocycles. The molecular formula is C17H28N2O. The largest absolute Gasteiger partial charge is 0.494 e. The van der Waals surface area contributed by atoms with Crippen LogP contribution in [-0.2, 0) is 0 Å². The van der Waals surface area contributed by atoms with Crippen LogP contribution in [0.1, 0.15) is 39.3 Å². The first-order valence-electron chi connectivity index (χ1n) is 7.70. The molecule has 0 aliphatic carbocycles. The van der Waals surface area contributed by atoms with Crippen molar-refractivity contribution in [3.05, 3.63) is 29.8 Å². The molecule has 1 aliphatic rings. The number of nitrogens with one attached hydrogen (secondary N) is 1. The van der Waals surface area contributed by atoms with Crippen molar-refractivity contribution >= 4 is 0 Å². The zero-order valence-corrected chi connectivity index (χ0v) is 13.3. The van der Waals surface area contributed by atoms with E-state index in [1.165, 1.54) is 5.56 Å². The first-order chi connectivity index (χ1) is 9.52. The van der Waals surface area contributed by atoms with E-state index in [0.29, 0.717) is 6.04 Å². The lowest BCUT2D eigenvalue weighted by Gasteiger charge is -2.42. The van der Waals surface area contributed by atoms with Gasteiger partial charge in [0.15, 0.2) is 0 Å². The maximum absolute atomic E-state index is 5.55. The van der Waals surface area contributed by atoms with E-state index >= 15 is 0 Å². The van der Waals surface area contributed by atoms with Crippen LogP contribution in [0.2, 0.25) is 0 Å². The Labute approximate surface area is 123 Å². The first kappa shape index (κ1) is 15.3. The second-order valence-corrected chi connectivity index (χ2v) is 6.56. The molecule has 0 amide bonds. The van der Waals surface area contributed by atoms with Crippen molar-refractivity contribution in [2.24, 2.45) is 5.41 Å². The minimum Gasteiger partial charge on any atom is -0.494 e. The van der Waals surface area contributed by atoms with Crippen LogP contribution in [0.3, 0.4) is 0 Å². The summed E-state index contributed by atoms with van der Waals surface area (Å²) >= 11 is 0. The highest BCUT2D eigenvalue weighted by molar-refractivity contribution is 5.30. The summed E-state index contributed by atoms with van der Waals surface area (Å²) in [4.78, 5) is 2.60. The molecule has 3 heteroatoms. The third-order valence-electron chi connectivity index (χ3n) is 3.84. The van der Waals surface area contributed by atoms with Crippen molar-refractivity contribution < 1.29 is 4.74 Å². The minimum absolute atomic E-state index is 0.227. The average Bonchev–Trinajstić information content (AvgIpc) is 2.41. The van der Waals surface area contributed by atoms with Gasteiger partial charge in [0.1, 0.15) is 5.75 Å². The van der Waals surface area contributed by atoms with Crippen molar-refractivity contribution in [3.8, 4) is 5.75 Å². The molecule has 1 atom stereocenters. The standard InChI is InChI=1S/C17H28N2O/c1-5-20-15-8-6-14(7-9-15)16(17(2,3)4)19-12-10-18-11-13-19/h6-9,16,18H,5,10-13H2,1-4H3/t16-/m0/s1. The predicted octanol–water partition coefficient (Wildman–Crippen LogP) is 3.08. The van der Waals surface area contributed by atoms with Crippen molar-refractivity contribution in [1.29, 1.82) is 0 Å². The van der Waals surface area contributed by atoms with Gasteiger partial charge in [0.25, 0.3) is 0 Å². The Balaban J connectivity index is 2.21. The van der Waals surface area contributed by atoms with Crippen LogP contribution in [0.5, 0.6) is 5.75 Å². The molecule has 1 saturated heterocycles. The molecule has 1 fully saturated rings. The molecule has 112 valence electrons. The fourth-order valence-corrected chi connectivity index (χ4v) is 3.11. The van der Waals surface area contributed by atoms with E-state index in [0.717, 1.165) is 38.5 Å². The second kappa shape index (κ2) is 6.59. The molecule has 1 aliphatic heterocycles. The zero-order chi connectivity index (χ0) is 14.6. The lowest BCUT2D eigenvalue weighted by Crippen LogP contribution is -2.48. The molecular weight excluding hydrogens is 248 g/mol. The van der Waals surface area contributed by atoms with Gasteiger partial charge in [0, 0.05) is 32.2 Å². The van der Waals surface area contributed by atoms with Gasteiger partial charge in [0.2, 0.25) is 0 Å². The van der Waals surface area contributed by atoms with Crippen LogP contribution in [0.25, 0.3) is 0 Å². The number of rotatable bonds is 4. The smallest absolute Gasteiger partial charge is 0.119 e. The quantitative estimate of drug-likeness (QED) is 0.914. The molecule has 3 nitrogen and oxygen atoms in total. The van der Waals surface area contributed by atoms with Crippen molar-refractivity contribution in [3.63, 3.8) is 0 Å². The Kier molecular flexibility index (Phi) is 5.06. The minimum atomic E-state index is 0.227. The molecule has 0 bridgehead atoms. The van der Waals surface area contributed by atoms with Gasteiger partial charge in [-0.1, -0.05) is 32.9 Å². The predicted molar refractivity (Wildman–Crippen MR) is 84.2 cm³/mol. The summed E-state index contributed by atoms with van der Waals surface area (Å²) in [5.41, 5.74) is 1.62. The average molecular weight is 276 g/mol. The van der Waals surface area contributed by atoms with Gasteiger partial charge in [0.05, 0.1) is 6.61 Å². The van der Waals surface area contributed by atoms with Crippen molar-refractivity contribution in [2.45, 2.75) is 33.7 Å². The number of benzene rings is 1. The number of piperazine rings is 1. The van der Waals surface area contributed by atoms with Crippen LogP contribution in [0.4, 0.5) is 0 Å². The second-order valence-electron chi connectivity index (χ2n) is 6.56. The van der Waals surface area contributed by atoms with E-state index in [-0.39, 0.29) is 5.41 Å². The van der Waals surface area contributed by atoms with Gasteiger partial charge in [-0.3, -0.25) is 4.90 Å². The third kappa shape index (κ3) is 3.74. The highest BCUT2D eigenvalue weighted by Gasteiger charge is 2.32. The Morgan fingerprint density at radius 1 is 1.15 bits per heavy atom. The van der Waals surface area contributed by atoms with E-state index < -0.39 is 0 Å². The van der Waals surface area contributed by atoms with Crippen LogP contribution < -0.4 is 10.1 Å². The molecule has 0 radical (unpaired) electrons. The summed E-state index contributed by atoms with van der Waals surface area (Å²) in [5.74, 6) is 0.962. The molecule has 20 heavy (non-hydrogen) atoms. The highest BCUT2D eigenvalue weighted by atomic mass is 16.5. The Bertz CT molecular complexity index is 402. The molecule has 0 saturated carbocycles. The molecule has 2 rings (SSSR count). The maximum Gasteiger partial charge on any atom is 0.119 e. The van der Waals surface area contributed by atoms with Gasteiger partial charge < -0.3 is 10.1 Å². The fourth-order valence-electron chi connectivity index (χ4n) is 3.11. The summed E-state index contributed by atoms with van der Waals surface area (Å²) in [6.45, 7) is 14.1. The third-order valence-corrected chi connectivity index (χ3v) is 3.84. The van der Waals surface area contributed by atoms with E-state index in [4.69, 9.17) is 4.74 Å². The summed E-state index contributed by atoms with van der Waals surface area (Å²) in [5, 5.41) is 3.44. The molecule has 1 aromatic rings. The van der Waals surface area contributed by atoms with Gasteiger partial charge in [-0.25, -0.2) is 0 Å². The monoisotopic (exact) mass is 276 g/mol. The fraction of sp³-hybridized carbons (Fsp3) is 0.647. The Hall–Kier alpha value is -1.06. The number of hydrogen-bond donors (Lipinski definition) is 1. The number of hydrogen-bond acceptors (Lipinski definition) is 3. The lowest BCUT2D eigenvalue weighted by molar-refractivity contribution is 0.0862. The highest BCUT2D eigenvalue weighted by Crippen LogP contribution is 2.38. The molecule has 0 unspecified atom stereocenters. The van der Waals surface area contributed by atoms with Crippen LogP contribution in [0.15, 0.2) is 24.3 Å². The number of ether oxygens (including phenoxy) is 1. The summed E-state index contributed by atoms with van der Waals surface area (Å²) in [7, 11) is 0. The van der Waals surface area contributed by atoms with Crippen molar-refractivity contribution in [1.82, 2.24) is 10.2 Å². The lowest BCUT2D eigenvalue weighted by atomic mass is 9.81. The van der Waals surface area contributed by atoms with Gasteiger partial charge >= 0.3 is 0 Å². The molecule has 1 aromatic carbocycles. The first-order valence-corrected chi connectivity index (χ1v) is 7.70. The van der Waals surface area contributed by atoms with Crippen LogP contribution in [0, 0.1) is 5.41 Å². The molecule has 0 spiro atoms. The van der Waals surface area contributed by atoms with E-state index in [1.807, 2.05) is 6.92 Å². The van der Waals surface area contributed by atoms with E-state index in [1.54, 1.807) is 0 Å². The van der Waals surface area contributed by atoms with Crippen LogP contribution >= 0.6 is 0 Å². The SMILES string of the molecule is CCOc1ccc([C@H](N2CCNCC2)C(C)(C)C)cc1. The van der Waals surface area contributed by atoms with Crippen LogP contribution in [-0.4, -0.2) is 37.7 Å².